The molecule has 0 atom stereocenters. The molecule has 0 spiro atoms. The first-order valence-electron chi connectivity index (χ1n) is 10.9. The van der Waals surface area contributed by atoms with Crippen LogP contribution in [0.4, 0.5) is 0 Å². The number of rotatable bonds is 4. The second kappa shape index (κ2) is 8.68. The SMILES string of the molecule is Cc1cc(C)c(P(c2ccc3ccccc3c2S(=O)(=O)O)c2c(C)cc(C)cc2C)c(C)c1. The molecular formula is C28H29O3PS. The zero-order valence-electron chi connectivity index (χ0n) is 19.9. The number of hydrogen-bond donors (Lipinski definition) is 1. The van der Waals surface area contributed by atoms with Gasteiger partial charge in [0.15, 0.2) is 0 Å². The highest BCUT2D eigenvalue weighted by Gasteiger charge is 2.30. The van der Waals surface area contributed by atoms with Crippen molar-refractivity contribution in [3.63, 3.8) is 0 Å². The molecule has 0 saturated heterocycles. The summed E-state index contributed by atoms with van der Waals surface area (Å²) in [7, 11) is -5.72. The maximum atomic E-state index is 12.8. The average molecular weight is 477 g/mol. The Labute approximate surface area is 198 Å². The fraction of sp³-hybridized carbons (Fsp3) is 0.214. The minimum Gasteiger partial charge on any atom is -0.282 e. The largest absolute Gasteiger partial charge is 0.295 e. The molecule has 0 bridgehead atoms. The summed E-state index contributed by atoms with van der Waals surface area (Å²) in [5, 5.41) is 4.29. The molecule has 0 aliphatic carbocycles. The van der Waals surface area contributed by atoms with Gasteiger partial charge in [-0.05, 0) is 87.7 Å². The molecule has 4 rings (SSSR count). The van der Waals surface area contributed by atoms with Crippen molar-refractivity contribution in [2.24, 2.45) is 0 Å². The highest BCUT2D eigenvalue weighted by molar-refractivity contribution is 7.88. The van der Waals surface area contributed by atoms with Crippen LogP contribution in [-0.2, 0) is 10.1 Å². The summed E-state index contributed by atoms with van der Waals surface area (Å²) in [6.07, 6.45) is 0. The predicted octanol–water partition coefficient (Wildman–Crippen LogP) is 5.70. The Bertz CT molecular complexity index is 1400. The topological polar surface area (TPSA) is 54.4 Å². The molecule has 3 nitrogen and oxygen atoms in total. The Morgan fingerprint density at radius 1 is 0.667 bits per heavy atom. The van der Waals surface area contributed by atoms with Crippen LogP contribution in [0.2, 0.25) is 0 Å². The summed E-state index contributed by atoms with van der Waals surface area (Å²) >= 11 is 0. The zero-order chi connectivity index (χ0) is 24.1. The van der Waals surface area contributed by atoms with Gasteiger partial charge in [0.1, 0.15) is 4.90 Å². The van der Waals surface area contributed by atoms with E-state index in [9.17, 15) is 13.0 Å². The van der Waals surface area contributed by atoms with Gasteiger partial charge in [0.05, 0.1) is 0 Å². The molecule has 0 radical (unpaired) electrons. The molecule has 0 aromatic heterocycles. The van der Waals surface area contributed by atoms with Gasteiger partial charge in [0.2, 0.25) is 0 Å². The van der Waals surface area contributed by atoms with Crippen molar-refractivity contribution in [2.45, 2.75) is 46.4 Å². The highest BCUT2D eigenvalue weighted by Crippen LogP contribution is 2.42. The molecule has 0 aliphatic heterocycles. The summed E-state index contributed by atoms with van der Waals surface area (Å²) in [6.45, 7) is 12.5. The number of aryl methyl sites for hydroxylation is 6. The van der Waals surface area contributed by atoms with Gasteiger partial charge in [-0.3, -0.25) is 4.55 Å². The van der Waals surface area contributed by atoms with Crippen LogP contribution >= 0.6 is 7.92 Å². The Hall–Kier alpha value is -2.52. The van der Waals surface area contributed by atoms with Gasteiger partial charge in [-0.25, -0.2) is 0 Å². The van der Waals surface area contributed by atoms with Gasteiger partial charge in [0, 0.05) is 10.7 Å². The molecular weight excluding hydrogens is 447 g/mol. The monoisotopic (exact) mass is 476 g/mol. The molecule has 33 heavy (non-hydrogen) atoms. The van der Waals surface area contributed by atoms with Crippen LogP contribution in [0.15, 0.2) is 65.6 Å². The van der Waals surface area contributed by atoms with E-state index in [1.807, 2.05) is 30.3 Å². The van der Waals surface area contributed by atoms with Crippen molar-refractivity contribution in [3.05, 3.63) is 94.0 Å². The lowest BCUT2D eigenvalue weighted by molar-refractivity contribution is 0.485. The molecule has 0 amide bonds. The van der Waals surface area contributed by atoms with Gasteiger partial charge >= 0.3 is 0 Å². The Morgan fingerprint density at radius 2 is 1.12 bits per heavy atom. The third kappa shape index (κ3) is 4.36. The van der Waals surface area contributed by atoms with E-state index in [1.165, 1.54) is 11.1 Å². The third-order valence-electron chi connectivity index (χ3n) is 6.08. The van der Waals surface area contributed by atoms with Crippen molar-refractivity contribution in [1.82, 2.24) is 0 Å². The molecule has 4 aromatic carbocycles. The molecule has 1 N–H and O–H groups in total. The van der Waals surface area contributed by atoms with E-state index in [2.05, 4.69) is 65.8 Å². The maximum absolute atomic E-state index is 12.8. The lowest BCUT2D eigenvalue weighted by Crippen LogP contribution is -2.30. The molecule has 0 aliphatic rings. The molecule has 0 heterocycles. The summed E-state index contributed by atoms with van der Waals surface area (Å²) < 4.78 is 36.2. The summed E-state index contributed by atoms with van der Waals surface area (Å²) in [5.41, 5.74) is 6.88. The van der Waals surface area contributed by atoms with Gasteiger partial charge in [-0.1, -0.05) is 71.8 Å². The van der Waals surface area contributed by atoms with E-state index in [0.717, 1.165) is 38.2 Å². The molecule has 170 valence electrons. The summed E-state index contributed by atoms with van der Waals surface area (Å²) in [5.74, 6) is 0. The lowest BCUT2D eigenvalue weighted by Gasteiger charge is -2.28. The summed E-state index contributed by atoms with van der Waals surface area (Å²) in [6, 6.07) is 19.8. The van der Waals surface area contributed by atoms with Gasteiger partial charge < -0.3 is 0 Å². The first kappa shape index (κ1) is 23.6. The van der Waals surface area contributed by atoms with Crippen LogP contribution in [-0.4, -0.2) is 13.0 Å². The van der Waals surface area contributed by atoms with Crippen molar-refractivity contribution >= 4 is 44.7 Å². The van der Waals surface area contributed by atoms with Crippen LogP contribution in [0.25, 0.3) is 10.8 Å². The van der Waals surface area contributed by atoms with Crippen molar-refractivity contribution < 1.29 is 13.0 Å². The Balaban J connectivity index is 2.21. The van der Waals surface area contributed by atoms with E-state index < -0.39 is 18.0 Å². The normalized spacial score (nSPS) is 12.0. The highest BCUT2D eigenvalue weighted by atomic mass is 32.2. The molecule has 5 heteroatoms. The third-order valence-corrected chi connectivity index (χ3v) is 10.3. The Morgan fingerprint density at radius 3 is 1.58 bits per heavy atom. The lowest BCUT2D eigenvalue weighted by atomic mass is 10.1. The number of fused-ring (bicyclic) bond motifs is 1. The van der Waals surface area contributed by atoms with Crippen molar-refractivity contribution in [3.8, 4) is 0 Å². The average Bonchev–Trinajstić information content (AvgIpc) is 2.69. The van der Waals surface area contributed by atoms with Crippen LogP contribution in [0.3, 0.4) is 0 Å². The zero-order valence-corrected chi connectivity index (χ0v) is 21.6. The van der Waals surface area contributed by atoms with Crippen LogP contribution in [0.5, 0.6) is 0 Å². The van der Waals surface area contributed by atoms with E-state index in [-0.39, 0.29) is 4.90 Å². The maximum Gasteiger partial charge on any atom is 0.295 e. The van der Waals surface area contributed by atoms with E-state index in [0.29, 0.717) is 10.7 Å². The quantitative estimate of drug-likeness (QED) is 0.304. The van der Waals surface area contributed by atoms with Gasteiger partial charge in [-0.2, -0.15) is 8.42 Å². The fourth-order valence-electron chi connectivity index (χ4n) is 5.08. The minimum absolute atomic E-state index is 0.0189. The molecule has 0 fully saturated rings. The number of benzene rings is 4. The second-order valence-corrected chi connectivity index (χ2v) is 12.3. The molecule has 4 aromatic rings. The fourth-order valence-corrected chi connectivity index (χ4v) is 9.42. The van der Waals surface area contributed by atoms with Gasteiger partial charge in [0.25, 0.3) is 10.1 Å². The summed E-state index contributed by atoms with van der Waals surface area (Å²) in [4.78, 5) is 0.0189. The smallest absolute Gasteiger partial charge is 0.282 e. The minimum atomic E-state index is -4.47. The standard InChI is InChI=1S/C28H29O3PS/c1-17-13-19(3)26(20(4)14-17)32(27-21(5)15-18(2)16-22(27)6)25-12-11-23-9-7-8-10-24(23)28(25)33(29,30)31/h7-16H,1-6H3,(H,29,30,31). The Kier molecular flexibility index (Phi) is 6.22. The van der Waals surface area contributed by atoms with Crippen LogP contribution in [0, 0.1) is 41.5 Å². The van der Waals surface area contributed by atoms with Crippen LogP contribution in [0.1, 0.15) is 33.4 Å². The van der Waals surface area contributed by atoms with Crippen molar-refractivity contribution in [2.75, 3.05) is 0 Å². The second-order valence-electron chi connectivity index (χ2n) is 8.94. The first-order valence-corrected chi connectivity index (χ1v) is 13.7. The first-order chi connectivity index (χ1) is 15.5. The predicted molar refractivity (Wildman–Crippen MR) is 141 cm³/mol. The van der Waals surface area contributed by atoms with Crippen LogP contribution < -0.4 is 15.9 Å². The van der Waals surface area contributed by atoms with E-state index in [1.54, 1.807) is 6.07 Å². The van der Waals surface area contributed by atoms with E-state index in [4.69, 9.17) is 0 Å². The van der Waals surface area contributed by atoms with E-state index >= 15 is 0 Å². The number of hydrogen-bond acceptors (Lipinski definition) is 2. The molecule has 0 unspecified atom stereocenters. The van der Waals surface area contributed by atoms with Gasteiger partial charge in [-0.15, -0.1) is 0 Å². The molecule has 0 saturated carbocycles. The van der Waals surface area contributed by atoms with Crippen molar-refractivity contribution in [1.29, 1.82) is 0 Å².